The minimum absolute atomic E-state index is 0.0974. The Kier molecular flexibility index (Phi) is 6.77. The maximum Gasteiger partial charge on any atom is 0.255 e. The molecule has 4 heterocycles. The Balaban J connectivity index is 1.24. The topological polar surface area (TPSA) is 66.9 Å². The number of pyridine rings is 1. The van der Waals surface area contributed by atoms with E-state index in [1.54, 1.807) is 6.20 Å². The number of nitrogens with zero attached hydrogens (tertiary/aromatic N) is 3. The normalized spacial score (nSPS) is 24.9. The SMILES string of the molecule is O=C(c1ccc(NC[C@@H]2CCCOC2)nc1)N1CCC(N2CCOCC2)CC1. The summed E-state index contributed by atoms with van der Waals surface area (Å²) < 4.78 is 11.0. The predicted molar refractivity (Wildman–Crippen MR) is 108 cm³/mol. The van der Waals surface area contributed by atoms with E-state index in [-0.39, 0.29) is 5.91 Å². The molecule has 1 aromatic heterocycles. The van der Waals surface area contributed by atoms with Gasteiger partial charge in [0.25, 0.3) is 5.91 Å². The number of amides is 1. The summed E-state index contributed by atoms with van der Waals surface area (Å²) in [6.45, 7) is 7.92. The van der Waals surface area contributed by atoms with Crippen LogP contribution in [0.4, 0.5) is 5.82 Å². The maximum absolute atomic E-state index is 12.8. The average Bonchev–Trinajstić information content (AvgIpc) is 2.79. The number of piperidine rings is 1. The molecule has 28 heavy (non-hydrogen) atoms. The van der Waals surface area contributed by atoms with Gasteiger partial charge in [0.05, 0.1) is 25.4 Å². The third-order valence-corrected chi connectivity index (χ3v) is 6.15. The molecule has 0 unspecified atom stereocenters. The first-order chi connectivity index (χ1) is 13.8. The first-order valence-electron chi connectivity index (χ1n) is 10.7. The zero-order valence-corrected chi connectivity index (χ0v) is 16.6. The summed E-state index contributed by atoms with van der Waals surface area (Å²) in [5, 5.41) is 3.37. The number of likely N-dealkylation sites (tertiary alicyclic amines) is 1. The third-order valence-electron chi connectivity index (χ3n) is 6.15. The fraction of sp³-hybridized carbons (Fsp3) is 0.714. The number of morpholine rings is 1. The van der Waals surface area contributed by atoms with Crippen molar-refractivity contribution in [2.24, 2.45) is 5.92 Å². The van der Waals surface area contributed by atoms with E-state index in [0.717, 1.165) is 84.2 Å². The second kappa shape index (κ2) is 9.67. The molecule has 0 spiro atoms. The molecule has 1 N–H and O–H groups in total. The highest BCUT2D eigenvalue weighted by molar-refractivity contribution is 5.94. The van der Waals surface area contributed by atoms with Crippen LogP contribution in [-0.4, -0.2) is 85.9 Å². The molecular formula is C21H32N4O3. The molecule has 0 aliphatic carbocycles. The van der Waals surface area contributed by atoms with Gasteiger partial charge in [0.2, 0.25) is 0 Å². The third kappa shape index (κ3) is 5.01. The van der Waals surface area contributed by atoms with E-state index in [1.807, 2.05) is 17.0 Å². The van der Waals surface area contributed by atoms with Crippen LogP contribution in [0.1, 0.15) is 36.0 Å². The van der Waals surface area contributed by atoms with Crippen LogP contribution < -0.4 is 5.32 Å². The second-order valence-corrected chi connectivity index (χ2v) is 8.07. The van der Waals surface area contributed by atoms with Gasteiger partial charge in [-0.2, -0.15) is 0 Å². The van der Waals surface area contributed by atoms with Gasteiger partial charge < -0.3 is 19.7 Å². The van der Waals surface area contributed by atoms with Crippen LogP contribution in [0.2, 0.25) is 0 Å². The van der Waals surface area contributed by atoms with E-state index in [4.69, 9.17) is 9.47 Å². The molecule has 3 aliphatic rings. The molecule has 1 aromatic rings. The first-order valence-corrected chi connectivity index (χ1v) is 10.7. The van der Waals surface area contributed by atoms with Crippen molar-refractivity contribution < 1.29 is 14.3 Å². The Morgan fingerprint density at radius 2 is 1.89 bits per heavy atom. The second-order valence-electron chi connectivity index (χ2n) is 8.07. The molecule has 3 fully saturated rings. The lowest BCUT2D eigenvalue weighted by Gasteiger charge is -2.40. The number of carbonyl (C=O) groups excluding carboxylic acids is 1. The molecule has 3 aliphatic heterocycles. The summed E-state index contributed by atoms with van der Waals surface area (Å²) >= 11 is 0. The molecule has 0 bridgehead atoms. The highest BCUT2D eigenvalue weighted by Crippen LogP contribution is 2.20. The van der Waals surface area contributed by atoms with Crippen LogP contribution in [0.3, 0.4) is 0 Å². The molecule has 1 atom stereocenters. The lowest BCUT2D eigenvalue weighted by molar-refractivity contribution is 0.00158. The molecule has 7 heteroatoms. The number of rotatable bonds is 5. The van der Waals surface area contributed by atoms with Crippen LogP contribution >= 0.6 is 0 Å². The number of hydrogen-bond donors (Lipinski definition) is 1. The van der Waals surface area contributed by atoms with Crippen LogP contribution in [0.5, 0.6) is 0 Å². The average molecular weight is 389 g/mol. The Morgan fingerprint density at radius 1 is 1.07 bits per heavy atom. The smallest absolute Gasteiger partial charge is 0.255 e. The molecule has 0 radical (unpaired) electrons. The molecular weight excluding hydrogens is 356 g/mol. The van der Waals surface area contributed by atoms with Crippen molar-refractivity contribution in [3.05, 3.63) is 23.9 Å². The van der Waals surface area contributed by atoms with Gasteiger partial charge in [-0.3, -0.25) is 9.69 Å². The van der Waals surface area contributed by atoms with Crippen molar-refractivity contribution in [2.75, 3.05) is 64.5 Å². The van der Waals surface area contributed by atoms with Gasteiger partial charge in [0.15, 0.2) is 0 Å². The molecule has 4 rings (SSSR count). The van der Waals surface area contributed by atoms with E-state index in [2.05, 4.69) is 15.2 Å². The summed E-state index contributed by atoms with van der Waals surface area (Å²) in [4.78, 5) is 21.8. The van der Waals surface area contributed by atoms with Crippen molar-refractivity contribution in [3.8, 4) is 0 Å². The van der Waals surface area contributed by atoms with E-state index in [1.165, 1.54) is 6.42 Å². The molecule has 3 saturated heterocycles. The fourth-order valence-electron chi connectivity index (χ4n) is 4.40. The van der Waals surface area contributed by atoms with E-state index in [0.29, 0.717) is 17.5 Å². The number of ether oxygens (including phenoxy) is 2. The van der Waals surface area contributed by atoms with Crippen LogP contribution in [0.15, 0.2) is 18.3 Å². The predicted octanol–water partition coefficient (Wildman–Crippen LogP) is 1.86. The zero-order valence-electron chi connectivity index (χ0n) is 16.6. The Labute approximate surface area is 167 Å². The lowest BCUT2D eigenvalue weighted by Crippen LogP contribution is -2.50. The van der Waals surface area contributed by atoms with Gasteiger partial charge in [-0.1, -0.05) is 0 Å². The Bertz CT molecular complexity index is 619. The van der Waals surface area contributed by atoms with Crippen molar-refractivity contribution in [3.63, 3.8) is 0 Å². The molecule has 0 aromatic carbocycles. The highest BCUT2D eigenvalue weighted by Gasteiger charge is 2.28. The molecule has 154 valence electrons. The summed E-state index contributed by atoms with van der Waals surface area (Å²) in [5.41, 5.74) is 0.677. The minimum atomic E-state index is 0.0974. The number of nitrogens with one attached hydrogen (secondary N) is 1. The molecule has 7 nitrogen and oxygen atoms in total. The van der Waals surface area contributed by atoms with Gasteiger partial charge in [-0.25, -0.2) is 4.98 Å². The highest BCUT2D eigenvalue weighted by atomic mass is 16.5. The van der Waals surface area contributed by atoms with Gasteiger partial charge in [0, 0.05) is 51.6 Å². The minimum Gasteiger partial charge on any atom is -0.381 e. The zero-order chi connectivity index (χ0) is 19.2. The van der Waals surface area contributed by atoms with E-state index in [9.17, 15) is 4.79 Å². The van der Waals surface area contributed by atoms with Crippen LogP contribution in [0, 0.1) is 5.92 Å². The van der Waals surface area contributed by atoms with Gasteiger partial charge in [0.1, 0.15) is 5.82 Å². The van der Waals surface area contributed by atoms with Crippen LogP contribution in [0.25, 0.3) is 0 Å². The number of hydrogen-bond acceptors (Lipinski definition) is 6. The van der Waals surface area contributed by atoms with Crippen molar-refractivity contribution in [1.29, 1.82) is 0 Å². The molecule has 1 amide bonds. The number of anilines is 1. The summed E-state index contributed by atoms with van der Waals surface area (Å²) in [5.74, 6) is 1.47. The van der Waals surface area contributed by atoms with E-state index >= 15 is 0 Å². The van der Waals surface area contributed by atoms with Crippen molar-refractivity contribution in [1.82, 2.24) is 14.8 Å². The van der Waals surface area contributed by atoms with Crippen molar-refractivity contribution in [2.45, 2.75) is 31.7 Å². The van der Waals surface area contributed by atoms with Gasteiger partial charge in [-0.15, -0.1) is 0 Å². The fourth-order valence-corrected chi connectivity index (χ4v) is 4.40. The Morgan fingerprint density at radius 3 is 2.57 bits per heavy atom. The quantitative estimate of drug-likeness (QED) is 0.831. The summed E-state index contributed by atoms with van der Waals surface area (Å²) in [7, 11) is 0. The monoisotopic (exact) mass is 388 g/mol. The van der Waals surface area contributed by atoms with Gasteiger partial charge in [-0.05, 0) is 43.7 Å². The van der Waals surface area contributed by atoms with Gasteiger partial charge >= 0.3 is 0 Å². The largest absolute Gasteiger partial charge is 0.381 e. The summed E-state index contributed by atoms with van der Waals surface area (Å²) in [6.07, 6.45) is 6.13. The standard InChI is InChI=1S/C21H32N4O3/c26-21(25-7-5-19(6-8-25)24-9-12-27-13-10-24)18-3-4-20(23-15-18)22-14-17-2-1-11-28-16-17/h3-4,15,17,19H,1-2,5-14,16H2,(H,22,23)/t17-/m0/s1. The van der Waals surface area contributed by atoms with Crippen molar-refractivity contribution >= 4 is 11.7 Å². The number of carbonyl (C=O) groups is 1. The number of aromatic nitrogens is 1. The van der Waals surface area contributed by atoms with E-state index < -0.39 is 0 Å². The maximum atomic E-state index is 12.8. The summed E-state index contributed by atoms with van der Waals surface area (Å²) in [6, 6.07) is 4.39. The Hall–Kier alpha value is -1.70. The first kappa shape index (κ1) is 19.6. The lowest BCUT2D eigenvalue weighted by atomic mass is 10.0. The van der Waals surface area contributed by atoms with Crippen LogP contribution in [-0.2, 0) is 9.47 Å². The molecule has 0 saturated carbocycles.